The van der Waals surface area contributed by atoms with E-state index in [0.717, 1.165) is 19.6 Å². The van der Waals surface area contributed by atoms with Crippen LogP contribution in [0, 0.1) is 0 Å². The van der Waals surface area contributed by atoms with Crippen LogP contribution in [0.25, 0.3) is 0 Å². The van der Waals surface area contributed by atoms with E-state index in [0.29, 0.717) is 0 Å². The first-order chi connectivity index (χ1) is 8.36. The van der Waals surface area contributed by atoms with Crippen LogP contribution in [0.4, 0.5) is 0 Å². The third kappa shape index (κ3) is 6.74. The fourth-order valence-corrected chi connectivity index (χ4v) is 2.25. The smallest absolute Gasteiger partial charge is 0.0534 e. The lowest BCUT2D eigenvalue weighted by molar-refractivity contribution is 0.598. The summed E-state index contributed by atoms with van der Waals surface area (Å²) >= 11 is 1.95. The van der Waals surface area contributed by atoms with Gasteiger partial charge in [0.2, 0.25) is 0 Å². The minimum Gasteiger partial charge on any atom is -0.313 e. The zero-order chi connectivity index (χ0) is 12.3. The van der Waals surface area contributed by atoms with Gasteiger partial charge in [0, 0.05) is 24.8 Å². The molecule has 0 amide bonds. The molecule has 17 heavy (non-hydrogen) atoms. The first-order valence-corrected chi connectivity index (χ1v) is 7.97. The van der Waals surface area contributed by atoms with E-state index in [4.69, 9.17) is 0 Å². The molecule has 1 aromatic rings. The maximum Gasteiger partial charge on any atom is 0.0534 e. The second-order valence-electron chi connectivity index (χ2n) is 4.29. The van der Waals surface area contributed by atoms with E-state index in [1.165, 1.54) is 37.0 Å². The number of unbranched alkanes of at least 4 members (excludes halogenated alkanes) is 3. The standard InChI is InChI=1S/C13H25N3S/c1-3-16-12-13(11-15-16)10-14-8-6-4-5-7-9-17-2/h11-12,14H,3-10H2,1-2H3. The molecular weight excluding hydrogens is 230 g/mol. The molecule has 1 rings (SSSR count). The molecule has 0 unspecified atom stereocenters. The molecule has 0 aliphatic carbocycles. The zero-order valence-corrected chi connectivity index (χ0v) is 11.9. The predicted octanol–water partition coefficient (Wildman–Crippen LogP) is 2.92. The van der Waals surface area contributed by atoms with Gasteiger partial charge in [-0.25, -0.2) is 0 Å². The van der Waals surface area contributed by atoms with Crippen molar-refractivity contribution in [3.05, 3.63) is 18.0 Å². The maximum absolute atomic E-state index is 4.26. The fraction of sp³-hybridized carbons (Fsp3) is 0.769. The van der Waals surface area contributed by atoms with Gasteiger partial charge in [0.25, 0.3) is 0 Å². The molecule has 0 saturated carbocycles. The zero-order valence-electron chi connectivity index (χ0n) is 11.1. The summed E-state index contributed by atoms with van der Waals surface area (Å²) in [6.45, 7) is 5.13. The number of rotatable bonds is 10. The predicted molar refractivity (Wildman–Crippen MR) is 76.5 cm³/mol. The summed E-state index contributed by atoms with van der Waals surface area (Å²) in [6, 6.07) is 0. The van der Waals surface area contributed by atoms with E-state index >= 15 is 0 Å². The first-order valence-electron chi connectivity index (χ1n) is 6.57. The van der Waals surface area contributed by atoms with Crippen LogP contribution in [0.2, 0.25) is 0 Å². The highest BCUT2D eigenvalue weighted by molar-refractivity contribution is 7.98. The molecule has 1 N–H and O–H groups in total. The average molecular weight is 255 g/mol. The highest BCUT2D eigenvalue weighted by atomic mass is 32.2. The van der Waals surface area contributed by atoms with Crippen LogP contribution in [0.5, 0.6) is 0 Å². The van der Waals surface area contributed by atoms with Gasteiger partial charge in [-0.2, -0.15) is 16.9 Å². The van der Waals surface area contributed by atoms with Crippen molar-refractivity contribution in [2.24, 2.45) is 0 Å². The lowest BCUT2D eigenvalue weighted by Crippen LogP contribution is -2.14. The monoisotopic (exact) mass is 255 g/mol. The number of hydrogen-bond acceptors (Lipinski definition) is 3. The molecule has 4 heteroatoms. The Kier molecular flexibility index (Phi) is 8.18. The number of nitrogens with zero attached hydrogens (tertiary/aromatic N) is 2. The largest absolute Gasteiger partial charge is 0.313 e. The Labute approximate surface area is 109 Å². The molecule has 0 aliphatic heterocycles. The molecule has 0 saturated heterocycles. The molecule has 0 aliphatic rings. The molecule has 1 heterocycles. The minimum atomic E-state index is 0.949. The van der Waals surface area contributed by atoms with Crippen molar-refractivity contribution in [3.8, 4) is 0 Å². The summed E-state index contributed by atoms with van der Waals surface area (Å²) < 4.78 is 1.97. The Morgan fingerprint density at radius 2 is 2.12 bits per heavy atom. The Morgan fingerprint density at radius 3 is 2.82 bits per heavy atom. The van der Waals surface area contributed by atoms with Gasteiger partial charge in [0.1, 0.15) is 0 Å². The molecule has 0 atom stereocenters. The van der Waals surface area contributed by atoms with Crippen molar-refractivity contribution in [1.82, 2.24) is 15.1 Å². The molecule has 98 valence electrons. The van der Waals surface area contributed by atoms with Gasteiger partial charge >= 0.3 is 0 Å². The van der Waals surface area contributed by atoms with Gasteiger partial charge in [-0.1, -0.05) is 12.8 Å². The van der Waals surface area contributed by atoms with Crippen molar-refractivity contribution < 1.29 is 0 Å². The highest BCUT2D eigenvalue weighted by Gasteiger charge is 1.96. The molecule has 0 bridgehead atoms. The summed E-state index contributed by atoms with van der Waals surface area (Å²) in [7, 11) is 0. The maximum atomic E-state index is 4.26. The lowest BCUT2D eigenvalue weighted by atomic mass is 10.2. The second-order valence-corrected chi connectivity index (χ2v) is 5.27. The number of aromatic nitrogens is 2. The Bertz CT molecular complexity index is 286. The van der Waals surface area contributed by atoms with Crippen molar-refractivity contribution in [2.45, 2.75) is 45.7 Å². The van der Waals surface area contributed by atoms with E-state index in [-0.39, 0.29) is 0 Å². The van der Waals surface area contributed by atoms with Crippen LogP contribution in [-0.4, -0.2) is 28.3 Å². The molecule has 0 spiro atoms. The van der Waals surface area contributed by atoms with Gasteiger partial charge in [-0.15, -0.1) is 0 Å². The number of aryl methyl sites for hydroxylation is 1. The lowest BCUT2D eigenvalue weighted by Gasteiger charge is -2.03. The third-order valence-electron chi connectivity index (χ3n) is 2.79. The van der Waals surface area contributed by atoms with Crippen molar-refractivity contribution in [2.75, 3.05) is 18.6 Å². The number of hydrogen-bond donors (Lipinski definition) is 1. The molecule has 0 radical (unpaired) electrons. The first kappa shape index (κ1) is 14.6. The van der Waals surface area contributed by atoms with Gasteiger partial charge in [-0.05, 0) is 38.3 Å². The topological polar surface area (TPSA) is 29.9 Å². The summed E-state index contributed by atoms with van der Waals surface area (Å²) in [5, 5.41) is 7.73. The summed E-state index contributed by atoms with van der Waals surface area (Å²) in [4.78, 5) is 0. The summed E-state index contributed by atoms with van der Waals surface area (Å²) in [5.74, 6) is 1.31. The van der Waals surface area contributed by atoms with Crippen molar-refractivity contribution in [1.29, 1.82) is 0 Å². The Balaban J connectivity index is 1.93. The number of thioether (sulfide) groups is 1. The molecule has 0 fully saturated rings. The molecular formula is C13H25N3S. The van der Waals surface area contributed by atoms with Gasteiger partial charge in [0.15, 0.2) is 0 Å². The van der Waals surface area contributed by atoms with E-state index in [1.54, 1.807) is 0 Å². The van der Waals surface area contributed by atoms with Crippen molar-refractivity contribution >= 4 is 11.8 Å². The average Bonchev–Trinajstić information content (AvgIpc) is 2.80. The quantitative estimate of drug-likeness (QED) is 0.652. The summed E-state index contributed by atoms with van der Waals surface area (Å²) in [6.07, 6.45) is 11.6. The fourth-order valence-electron chi connectivity index (χ4n) is 1.75. The van der Waals surface area contributed by atoms with Gasteiger partial charge < -0.3 is 5.32 Å². The van der Waals surface area contributed by atoms with E-state index in [1.807, 2.05) is 22.6 Å². The highest BCUT2D eigenvalue weighted by Crippen LogP contribution is 2.04. The van der Waals surface area contributed by atoms with Crippen LogP contribution < -0.4 is 5.32 Å². The number of nitrogens with one attached hydrogen (secondary N) is 1. The summed E-state index contributed by atoms with van der Waals surface area (Å²) in [5.41, 5.74) is 1.29. The third-order valence-corrected chi connectivity index (χ3v) is 3.49. The molecule has 3 nitrogen and oxygen atoms in total. The van der Waals surface area contributed by atoms with E-state index in [2.05, 4.69) is 29.8 Å². The Morgan fingerprint density at radius 1 is 1.29 bits per heavy atom. The Hall–Kier alpha value is -0.480. The van der Waals surface area contributed by atoms with Crippen LogP contribution in [0.1, 0.15) is 38.2 Å². The van der Waals surface area contributed by atoms with Crippen LogP contribution >= 0.6 is 11.8 Å². The van der Waals surface area contributed by atoms with Gasteiger partial charge in [-0.3, -0.25) is 4.68 Å². The minimum absolute atomic E-state index is 0.949. The SMILES string of the molecule is CCn1cc(CNCCCCCCSC)cn1. The molecule has 1 aromatic heterocycles. The van der Waals surface area contributed by atoms with E-state index < -0.39 is 0 Å². The van der Waals surface area contributed by atoms with Crippen LogP contribution in [0.15, 0.2) is 12.4 Å². The van der Waals surface area contributed by atoms with E-state index in [9.17, 15) is 0 Å². The van der Waals surface area contributed by atoms with Crippen molar-refractivity contribution in [3.63, 3.8) is 0 Å². The molecule has 0 aromatic carbocycles. The normalized spacial score (nSPS) is 10.9. The van der Waals surface area contributed by atoms with Crippen LogP contribution in [0.3, 0.4) is 0 Å². The van der Waals surface area contributed by atoms with Gasteiger partial charge in [0.05, 0.1) is 6.20 Å². The van der Waals surface area contributed by atoms with Crippen LogP contribution in [-0.2, 0) is 13.1 Å². The second kappa shape index (κ2) is 9.54.